The number of fused-ring (bicyclic) bond motifs is 1. The number of aromatic nitrogens is 1. The van der Waals surface area contributed by atoms with E-state index >= 15 is 0 Å². The van der Waals surface area contributed by atoms with Gasteiger partial charge in [-0.1, -0.05) is 38.0 Å². The van der Waals surface area contributed by atoms with Gasteiger partial charge in [-0.2, -0.15) is 0 Å². The first kappa shape index (κ1) is 14.3. The molecule has 0 bridgehead atoms. The summed E-state index contributed by atoms with van der Waals surface area (Å²) < 4.78 is 0. The van der Waals surface area contributed by atoms with Crippen LogP contribution in [-0.4, -0.2) is 23.2 Å². The molecule has 3 heteroatoms. The lowest BCUT2D eigenvalue weighted by molar-refractivity contribution is 0.279. The molecule has 0 spiro atoms. The molecule has 1 N–H and O–H groups in total. The molecule has 2 aromatic rings. The summed E-state index contributed by atoms with van der Waals surface area (Å²) in [4.78, 5) is 7.11. The number of nitrogens with zero attached hydrogens (tertiary/aromatic N) is 2. The molecule has 0 aliphatic heterocycles. The molecule has 1 saturated carbocycles. The van der Waals surface area contributed by atoms with Gasteiger partial charge in [0.05, 0.1) is 12.1 Å². The van der Waals surface area contributed by atoms with Crippen molar-refractivity contribution in [2.45, 2.75) is 45.3 Å². The third-order valence-electron chi connectivity index (χ3n) is 4.85. The van der Waals surface area contributed by atoms with E-state index in [1.807, 2.05) is 18.2 Å². The van der Waals surface area contributed by atoms with E-state index in [1.54, 1.807) is 0 Å². The zero-order chi connectivity index (χ0) is 14.8. The number of aliphatic hydroxyl groups excluding tert-OH is 1. The highest BCUT2D eigenvalue weighted by Crippen LogP contribution is 2.32. The maximum absolute atomic E-state index is 9.72. The van der Waals surface area contributed by atoms with Crippen LogP contribution in [0.5, 0.6) is 0 Å². The summed E-state index contributed by atoms with van der Waals surface area (Å²) >= 11 is 0. The third-order valence-corrected chi connectivity index (χ3v) is 4.85. The number of anilines is 1. The van der Waals surface area contributed by atoms with Crippen molar-refractivity contribution in [3.63, 3.8) is 0 Å². The first-order chi connectivity index (χ1) is 10.2. The molecule has 0 saturated heterocycles. The van der Waals surface area contributed by atoms with Crippen LogP contribution in [0.2, 0.25) is 0 Å². The monoisotopic (exact) mass is 284 g/mol. The van der Waals surface area contributed by atoms with Gasteiger partial charge < -0.3 is 10.0 Å². The van der Waals surface area contributed by atoms with Gasteiger partial charge in [0.15, 0.2) is 0 Å². The summed E-state index contributed by atoms with van der Waals surface area (Å²) in [6.07, 6.45) is 5.14. The SMILES string of the molecule is CC1CCCCC1N(C)c1nc2ccccc2cc1CO. The lowest BCUT2D eigenvalue weighted by Crippen LogP contribution is -2.40. The van der Waals surface area contributed by atoms with Gasteiger partial charge in [0.25, 0.3) is 0 Å². The average molecular weight is 284 g/mol. The molecular weight excluding hydrogens is 260 g/mol. The zero-order valence-corrected chi connectivity index (χ0v) is 12.9. The fourth-order valence-electron chi connectivity index (χ4n) is 3.60. The van der Waals surface area contributed by atoms with Crippen LogP contribution in [0.4, 0.5) is 5.82 Å². The van der Waals surface area contributed by atoms with Gasteiger partial charge in [0.2, 0.25) is 0 Å². The molecule has 2 atom stereocenters. The van der Waals surface area contributed by atoms with Crippen molar-refractivity contribution >= 4 is 16.7 Å². The van der Waals surface area contributed by atoms with Crippen LogP contribution in [0.1, 0.15) is 38.2 Å². The molecule has 0 radical (unpaired) electrons. The van der Waals surface area contributed by atoms with Crippen LogP contribution in [0.15, 0.2) is 30.3 Å². The molecule has 2 unspecified atom stereocenters. The van der Waals surface area contributed by atoms with Crippen molar-refractivity contribution in [2.75, 3.05) is 11.9 Å². The first-order valence-corrected chi connectivity index (χ1v) is 7.93. The number of aliphatic hydroxyl groups is 1. The van der Waals surface area contributed by atoms with E-state index in [2.05, 4.69) is 31.0 Å². The number of hydrogen-bond donors (Lipinski definition) is 1. The standard InChI is InChI=1S/C18H24N2O/c1-13-7-3-6-10-17(13)20(2)18-15(12-21)11-14-8-4-5-9-16(14)19-18/h4-5,8-9,11,13,17,21H,3,6-7,10,12H2,1-2H3. The zero-order valence-electron chi connectivity index (χ0n) is 12.9. The average Bonchev–Trinajstić information content (AvgIpc) is 2.53. The van der Waals surface area contributed by atoms with Crippen molar-refractivity contribution in [3.8, 4) is 0 Å². The normalized spacial score (nSPS) is 22.4. The molecule has 112 valence electrons. The predicted molar refractivity (Wildman–Crippen MR) is 87.5 cm³/mol. The number of para-hydroxylation sites is 1. The molecule has 1 aromatic heterocycles. The maximum Gasteiger partial charge on any atom is 0.134 e. The fourth-order valence-corrected chi connectivity index (χ4v) is 3.60. The van der Waals surface area contributed by atoms with Crippen LogP contribution in [0.3, 0.4) is 0 Å². The fraction of sp³-hybridized carbons (Fsp3) is 0.500. The van der Waals surface area contributed by atoms with E-state index in [0.717, 1.165) is 22.3 Å². The second-order valence-corrected chi connectivity index (χ2v) is 6.26. The molecule has 1 aliphatic carbocycles. The smallest absolute Gasteiger partial charge is 0.134 e. The Kier molecular flexibility index (Phi) is 4.11. The highest BCUT2D eigenvalue weighted by molar-refractivity contribution is 5.81. The molecule has 1 aromatic carbocycles. The lowest BCUT2D eigenvalue weighted by Gasteiger charge is -2.37. The van der Waals surface area contributed by atoms with E-state index in [4.69, 9.17) is 4.98 Å². The van der Waals surface area contributed by atoms with Gasteiger partial charge >= 0.3 is 0 Å². The molecule has 1 fully saturated rings. The summed E-state index contributed by atoms with van der Waals surface area (Å²) in [5.41, 5.74) is 1.92. The van der Waals surface area contributed by atoms with Crippen LogP contribution in [-0.2, 0) is 6.61 Å². The summed E-state index contributed by atoms with van der Waals surface area (Å²) in [6, 6.07) is 10.7. The molecular formula is C18H24N2O. The summed E-state index contributed by atoms with van der Waals surface area (Å²) in [7, 11) is 2.13. The topological polar surface area (TPSA) is 36.4 Å². The first-order valence-electron chi connectivity index (χ1n) is 7.93. The van der Waals surface area contributed by atoms with Crippen molar-refractivity contribution < 1.29 is 5.11 Å². The van der Waals surface area contributed by atoms with E-state index < -0.39 is 0 Å². The van der Waals surface area contributed by atoms with Crippen LogP contribution in [0, 0.1) is 5.92 Å². The Hall–Kier alpha value is -1.61. The summed E-state index contributed by atoms with van der Waals surface area (Å²) in [6.45, 7) is 2.37. The molecule has 3 rings (SSSR count). The van der Waals surface area contributed by atoms with Gasteiger partial charge in [-0.3, -0.25) is 0 Å². The Labute approximate surface area is 126 Å². The van der Waals surface area contributed by atoms with Crippen LogP contribution in [0.25, 0.3) is 10.9 Å². The Balaban J connectivity index is 2.01. The van der Waals surface area contributed by atoms with Gasteiger partial charge in [-0.05, 0) is 30.9 Å². The summed E-state index contributed by atoms with van der Waals surface area (Å²) in [5.74, 6) is 1.62. The van der Waals surface area contributed by atoms with E-state index in [1.165, 1.54) is 25.7 Å². The highest BCUT2D eigenvalue weighted by Gasteiger charge is 2.27. The number of benzene rings is 1. The van der Waals surface area contributed by atoms with Gasteiger partial charge in [0, 0.05) is 24.0 Å². The number of pyridine rings is 1. The Bertz CT molecular complexity index is 626. The molecule has 0 amide bonds. The minimum Gasteiger partial charge on any atom is -0.392 e. The van der Waals surface area contributed by atoms with Crippen molar-refractivity contribution in [2.24, 2.45) is 5.92 Å². The molecule has 21 heavy (non-hydrogen) atoms. The Morgan fingerprint density at radius 1 is 1.24 bits per heavy atom. The number of rotatable bonds is 3. The lowest BCUT2D eigenvalue weighted by atomic mass is 9.85. The van der Waals surface area contributed by atoms with E-state index in [9.17, 15) is 5.11 Å². The molecule has 1 heterocycles. The van der Waals surface area contributed by atoms with Gasteiger partial charge in [-0.25, -0.2) is 4.98 Å². The second kappa shape index (κ2) is 6.02. The minimum absolute atomic E-state index is 0.0403. The van der Waals surface area contributed by atoms with Crippen molar-refractivity contribution in [1.29, 1.82) is 0 Å². The van der Waals surface area contributed by atoms with Crippen molar-refractivity contribution in [3.05, 3.63) is 35.9 Å². The van der Waals surface area contributed by atoms with Gasteiger partial charge in [0.1, 0.15) is 5.82 Å². The van der Waals surface area contributed by atoms with E-state index in [-0.39, 0.29) is 6.61 Å². The van der Waals surface area contributed by atoms with E-state index in [0.29, 0.717) is 12.0 Å². The maximum atomic E-state index is 9.72. The minimum atomic E-state index is 0.0403. The number of hydrogen-bond acceptors (Lipinski definition) is 3. The van der Waals surface area contributed by atoms with Gasteiger partial charge in [-0.15, -0.1) is 0 Å². The highest BCUT2D eigenvalue weighted by atomic mass is 16.3. The largest absolute Gasteiger partial charge is 0.392 e. The quantitative estimate of drug-likeness (QED) is 0.932. The van der Waals surface area contributed by atoms with Crippen molar-refractivity contribution in [1.82, 2.24) is 4.98 Å². The van der Waals surface area contributed by atoms with Crippen LogP contribution < -0.4 is 4.90 Å². The third kappa shape index (κ3) is 2.75. The predicted octanol–water partition coefficient (Wildman–Crippen LogP) is 3.74. The summed E-state index contributed by atoms with van der Waals surface area (Å²) in [5, 5.41) is 10.8. The Morgan fingerprint density at radius 3 is 2.76 bits per heavy atom. The van der Waals surface area contributed by atoms with Crippen LogP contribution >= 0.6 is 0 Å². The second-order valence-electron chi connectivity index (χ2n) is 6.26. The molecule has 1 aliphatic rings. The molecule has 3 nitrogen and oxygen atoms in total. The Morgan fingerprint density at radius 2 is 2.00 bits per heavy atom.